The molecule has 2 unspecified atom stereocenters. The van der Waals surface area contributed by atoms with E-state index in [0.717, 1.165) is 25.1 Å². The van der Waals surface area contributed by atoms with Crippen LogP contribution >= 0.6 is 0 Å². The topological polar surface area (TPSA) is 20.3 Å². The number of benzene rings is 1. The normalized spacial score (nSPS) is 14.2. The SMILES string of the molecule is CCCCN(CC(C)C(=O)c1ccccc1)C(C)CC. The molecule has 0 spiro atoms. The molecule has 2 atom stereocenters. The Balaban J connectivity index is 2.65. The average molecular weight is 275 g/mol. The Morgan fingerprint density at radius 1 is 1.15 bits per heavy atom. The van der Waals surface area contributed by atoms with E-state index in [2.05, 4.69) is 32.6 Å². The van der Waals surface area contributed by atoms with E-state index in [1.54, 1.807) is 0 Å². The van der Waals surface area contributed by atoms with Crippen LogP contribution in [-0.4, -0.2) is 29.8 Å². The lowest BCUT2D eigenvalue weighted by atomic mass is 9.98. The van der Waals surface area contributed by atoms with Crippen LogP contribution < -0.4 is 0 Å². The Morgan fingerprint density at radius 3 is 2.35 bits per heavy atom. The molecule has 0 radical (unpaired) electrons. The number of unbranched alkanes of at least 4 members (excludes halogenated alkanes) is 1. The standard InChI is InChI=1S/C18H29NO/c1-5-7-13-19(16(4)6-2)14-15(3)18(20)17-11-9-8-10-12-17/h8-12,15-16H,5-7,13-14H2,1-4H3. The van der Waals surface area contributed by atoms with E-state index in [1.807, 2.05) is 30.3 Å². The van der Waals surface area contributed by atoms with Crippen LogP contribution in [0.15, 0.2) is 30.3 Å². The number of carbonyl (C=O) groups is 1. The Morgan fingerprint density at radius 2 is 1.80 bits per heavy atom. The highest BCUT2D eigenvalue weighted by molar-refractivity contribution is 5.97. The highest BCUT2D eigenvalue weighted by Gasteiger charge is 2.20. The fraction of sp³-hybridized carbons (Fsp3) is 0.611. The van der Waals surface area contributed by atoms with Gasteiger partial charge in [0, 0.05) is 24.1 Å². The van der Waals surface area contributed by atoms with E-state index in [-0.39, 0.29) is 11.7 Å². The number of ketones is 1. The van der Waals surface area contributed by atoms with Gasteiger partial charge in [-0.1, -0.05) is 57.5 Å². The van der Waals surface area contributed by atoms with Crippen molar-refractivity contribution in [2.24, 2.45) is 5.92 Å². The molecule has 1 aromatic rings. The minimum atomic E-state index is 0.0586. The lowest BCUT2D eigenvalue weighted by Gasteiger charge is -2.30. The quantitative estimate of drug-likeness (QED) is 0.622. The van der Waals surface area contributed by atoms with Gasteiger partial charge in [0.05, 0.1) is 0 Å². The van der Waals surface area contributed by atoms with Gasteiger partial charge in [-0.15, -0.1) is 0 Å². The summed E-state index contributed by atoms with van der Waals surface area (Å²) in [5, 5.41) is 0. The molecule has 0 aromatic heterocycles. The molecule has 0 heterocycles. The fourth-order valence-electron chi connectivity index (χ4n) is 2.43. The number of Topliss-reactive ketones (excluding diaryl/α,β-unsaturated/α-hetero) is 1. The zero-order valence-electron chi connectivity index (χ0n) is 13.4. The van der Waals surface area contributed by atoms with Crippen LogP contribution in [0.3, 0.4) is 0 Å². The Bertz CT molecular complexity index is 388. The molecular weight excluding hydrogens is 246 g/mol. The highest BCUT2D eigenvalue weighted by Crippen LogP contribution is 2.14. The minimum absolute atomic E-state index is 0.0586. The number of rotatable bonds is 9. The zero-order chi connectivity index (χ0) is 15.0. The second-order valence-electron chi connectivity index (χ2n) is 5.74. The van der Waals surface area contributed by atoms with Crippen molar-refractivity contribution in [1.29, 1.82) is 0 Å². The molecule has 1 rings (SSSR count). The third-order valence-electron chi connectivity index (χ3n) is 4.03. The molecule has 0 amide bonds. The molecule has 0 bridgehead atoms. The van der Waals surface area contributed by atoms with Gasteiger partial charge in [-0.05, 0) is 26.3 Å². The lowest BCUT2D eigenvalue weighted by Crippen LogP contribution is -2.38. The summed E-state index contributed by atoms with van der Waals surface area (Å²) in [6.45, 7) is 10.7. The minimum Gasteiger partial charge on any atom is -0.300 e. The van der Waals surface area contributed by atoms with E-state index in [1.165, 1.54) is 12.8 Å². The molecule has 20 heavy (non-hydrogen) atoms. The summed E-state index contributed by atoms with van der Waals surface area (Å²) >= 11 is 0. The molecule has 0 aliphatic heterocycles. The van der Waals surface area contributed by atoms with Crippen LogP contribution in [-0.2, 0) is 0 Å². The fourth-order valence-corrected chi connectivity index (χ4v) is 2.43. The molecule has 2 nitrogen and oxygen atoms in total. The first-order valence-corrected chi connectivity index (χ1v) is 7.93. The smallest absolute Gasteiger partial charge is 0.166 e. The van der Waals surface area contributed by atoms with E-state index >= 15 is 0 Å². The van der Waals surface area contributed by atoms with Gasteiger partial charge >= 0.3 is 0 Å². The van der Waals surface area contributed by atoms with Crippen LogP contribution in [0, 0.1) is 5.92 Å². The monoisotopic (exact) mass is 275 g/mol. The number of nitrogens with zero attached hydrogens (tertiary/aromatic N) is 1. The van der Waals surface area contributed by atoms with Crippen molar-refractivity contribution in [3.8, 4) is 0 Å². The first-order valence-electron chi connectivity index (χ1n) is 7.93. The summed E-state index contributed by atoms with van der Waals surface area (Å²) < 4.78 is 0. The molecule has 112 valence electrons. The summed E-state index contributed by atoms with van der Waals surface area (Å²) in [7, 11) is 0. The highest BCUT2D eigenvalue weighted by atomic mass is 16.1. The van der Waals surface area contributed by atoms with Crippen molar-refractivity contribution < 1.29 is 4.79 Å². The number of hydrogen-bond acceptors (Lipinski definition) is 2. The maximum atomic E-state index is 12.4. The van der Waals surface area contributed by atoms with E-state index in [0.29, 0.717) is 6.04 Å². The van der Waals surface area contributed by atoms with Crippen LogP contribution in [0.5, 0.6) is 0 Å². The second-order valence-corrected chi connectivity index (χ2v) is 5.74. The van der Waals surface area contributed by atoms with Crippen LogP contribution in [0.2, 0.25) is 0 Å². The Hall–Kier alpha value is -1.15. The first-order chi connectivity index (χ1) is 9.60. The van der Waals surface area contributed by atoms with Gasteiger partial charge in [-0.25, -0.2) is 0 Å². The zero-order valence-corrected chi connectivity index (χ0v) is 13.4. The predicted molar refractivity (Wildman–Crippen MR) is 86.2 cm³/mol. The molecule has 0 N–H and O–H groups in total. The van der Waals surface area contributed by atoms with E-state index in [9.17, 15) is 4.79 Å². The maximum Gasteiger partial charge on any atom is 0.166 e. The van der Waals surface area contributed by atoms with Crippen molar-refractivity contribution in [2.75, 3.05) is 13.1 Å². The summed E-state index contributed by atoms with van der Waals surface area (Å²) in [6.07, 6.45) is 3.54. The largest absolute Gasteiger partial charge is 0.300 e. The van der Waals surface area contributed by atoms with Crippen molar-refractivity contribution in [3.63, 3.8) is 0 Å². The summed E-state index contributed by atoms with van der Waals surface area (Å²) in [5.41, 5.74) is 0.833. The third-order valence-corrected chi connectivity index (χ3v) is 4.03. The molecule has 0 aliphatic carbocycles. The average Bonchev–Trinajstić information content (AvgIpc) is 2.50. The van der Waals surface area contributed by atoms with E-state index < -0.39 is 0 Å². The van der Waals surface area contributed by atoms with Gasteiger partial charge < -0.3 is 0 Å². The van der Waals surface area contributed by atoms with Crippen molar-refractivity contribution in [2.45, 2.75) is 53.0 Å². The van der Waals surface area contributed by atoms with Gasteiger partial charge in [0.25, 0.3) is 0 Å². The van der Waals surface area contributed by atoms with Crippen LogP contribution in [0.4, 0.5) is 0 Å². The second kappa shape index (κ2) is 8.91. The molecule has 2 heteroatoms. The van der Waals surface area contributed by atoms with Gasteiger partial charge in [-0.2, -0.15) is 0 Å². The Labute approximate surface area is 124 Å². The lowest BCUT2D eigenvalue weighted by molar-refractivity contribution is 0.0869. The molecule has 0 aliphatic rings. The van der Waals surface area contributed by atoms with Crippen molar-refractivity contribution >= 4 is 5.78 Å². The molecular formula is C18H29NO. The first kappa shape index (κ1) is 16.9. The van der Waals surface area contributed by atoms with E-state index in [4.69, 9.17) is 0 Å². The maximum absolute atomic E-state index is 12.4. The Kier molecular flexibility index (Phi) is 7.53. The van der Waals surface area contributed by atoms with Crippen molar-refractivity contribution in [3.05, 3.63) is 35.9 Å². The molecule has 1 aromatic carbocycles. The molecule has 0 fully saturated rings. The van der Waals surface area contributed by atoms with Crippen molar-refractivity contribution in [1.82, 2.24) is 4.90 Å². The molecule has 0 saturated heterocycles. The van der Waals surface area contributed by atoms with Gasteiger partial charge in [-0.3, -0.25) is 9.69 Å². The third kappa shape index (κ3) is 5.09. The summed E-state index contributed by atoms with van der Waals surface area (Å²) in [6, 6.07) is 10.2. The number of carbonyl (C=O) groups excluding carboxylic acids is 1. The predicted octanol–water partition coefficient (Wildman–Crippen LogP) is 4.41. The summed E-state index contributed by atoms with van der Waals surface area (Å²) in [5.74, 6) is 0.318. The van der Waals surface area contributed by atoms with Crippen LogP contribution in [0.1, 0.15) is 57.3 Å². The summed E-state index contributed by atoms with van der Waals surface area (Å²) in [4.78, 5) is 14.9. The van der Waals surface area contributed by atoms with Gasteiger partial charge in [0.2, 0.25) is 0 Å². The van der Waals surface area contributed by atoms with Gasteiger partial charge in [0.1, 0.15) is 0 Å². The molecule has 0 saturated carbocycles. The number of hydrogen-bond donors (Lipinski definition) is 0. The van der Waals surface area contributed by atoms with Crippen LogP contribution in [0.25, 0.3) is 0 Å². The van der Waals surface area contributed by atoms with Gasteiger partial charge in [0.15, 0.2) is 5.78 Å².